The highest BCUT2D eigenvalue weighted by Crippen LogP contribution is 2.16. The van der Waals surface area contributed by atoms with E-state index in [4.69, 9.17) is 17.0 Å². The Morgan fingerprint density at radius 2 is 1.48 bits per heavy atom. The standard InChI is InChI=1S/C23H20ClN3O.BrH/c1-16-6-8-17(9-7-16)14-26-20-4-2-3-5-21(20)27(23(26)25)15-22(28)18-10-12-19(24)13-11-18;/h2-13,25H,14-15H2,1H3;1H/p-1. The molecule has 0 aliphatic rings. The van der Waals surface area contributed by atoms with Crippen LogP contribution in [0.25, 0.3) is 11.0 Å². The fourth-order valence-corrected chi connectivity index (χ4v) is 3.49. The number of aryl methyl sites for hydroxylation is 1. The molecule has 4 rings (SSSR count). The molecule has 0 fully saturated rings. The number of carbonyl (C=O) groups is 1. The number of nitrogens with one attached hydrogen (secondary N) is 1. The van der Waals surface area contributed by atoms with Crippen molar-refractivity contribution in [1.82, 2.24) is 9.13 Å². The van der Waals surface area contributed by atoms with Crippen molar-refractivity contribution < 1.29 is 21.8 Å². The van der Waals surface area contributed by atoms with E-state index < -0.39 is 0 Å². The maximum atomic E-state index is 12.8. The largest absolute Gasteiger partial charge is 1.00 e. The average molecular weight is 470 g/mol. The molecule has 4 aromatic rings. The van der Waals surface area contributed by atoms with Crippen LogP contribution in [0.2, 0.25) is 5.02 Å². The summed E-state index contributed by atoms with van der Waals surface area (Å²) in [4.78, 5) is 12.8. The van der Waals surface area contributed by atoms with Crippen molar-refractivity contribution in [3.63, 3.8) is 0 Å². The zero-order chi connectivity index (χ0) is 19.7. The van der Waals surface area contributed by atoms with Crippen LogP contribution in [-0.4, -0.2) is 14.9 Å². The van der Waals surface area contributed by atoms with Crippen molar-refractivity contribution >= 4 is 28.4 Å². The molecule has 1 N–H and O–H groups in total. The van der Waals surface area contributed by atoms with E-state index in [9.17, 15) is 4.79 Å². The van der Waals surface area contributed by atoms with Gasteiger partial charge < -0.3 is 26.1 Å². The van der Waals surface area contributed by atoms with Gasteiger partial charge in [-0.25, -0.2) is 0 Å². The Hall–Kier alpha value is -2.63. The number of hydrogen-bond donors (Lipinski definition) is 1. The predicted octanol–water partition coefficient (Wildman–Crippen LogP) is 1.82. The fraction of sp³-hybridized carbons (Fsp3) is 0.130. The third-order valence-corrected chi connectivity index (χ3v) is 5.16. The summed E-state index contributed by atoms with van der Waals surface area (Å²) in [6.07, 6.45) is 0. The summed E-state index contributed by atoms with van der Waals surface area (Å²) < 4.78 is 3.70. The van der Waals surface area contributed by atoms with E-state index in [1.54, 1.807) is 28.8 Å². The summed E-state index contributed by atoms with van der Waals surface area (Å²) in [5.41, 5.74) is 5.04. The third-order valence-electron chi connectivity index (χ3n) is 4.90. The van der Waals surface area contributed by atoms with Gasteiger partial charge in [0.1, 0.15) is 0 Å². The van der Waals surface area contributed by atoms with Crippen LogP contribution in [0.5, 0.6) is 0 Å². The van der Waals surface area contributed by atoms with Crippen molar-refractivity contribution in [2.75, 3.05) is 0 Å². The van der Waals surface area contributed by atoms with E-state index in [1.807, 2.05) is 28.8 Å². The summed E-state index contributed by atoms with van der Waals surface area (Å²) in [5.74, 6) is -0.0478. The number of benzene rings is 3. The number of ketones is 1. The lowest BCUT2D eigenvalue weighted by molar-refractivity contribution is -0.0000137. The number of halogens is 2. The first-order valence-corrected chi connectivity index (χ1v) is 9.48. The molecule has 0 spiro atoms. The van der Waals surface area contributed by atoms with Gasteiger partial charge in [-0.2, -0.15) is 0 Å². The first kappa shape index (κ1) is 21.1. The molecule has 0 aliphatic heterocycles. The van der Waals surface area contributed by atoms with Gasteiger partial charge in [0.2, 0.25) is 5.62 Å². The molecule has 1 heterocycles. The molecule has 0 bridgehead atoms. The van der Waals surface area contributed by atoms with E-state index >= 15 is 0 Å². The molecule has 4 nitrogen and oxygen atoms in total. The molecule has 6 heteroatoms. The molecule has 0 saturated heterocycles. The Balaban J connectivity index is 0.00000240. The third kappa shape index (κ3) is 4.36. The highest BCUT2D eigenvalue weighted by Gasteiger charge is 2.14. The van der Waals surface area contributed by atoms with E-state index in [2.05, 4.69) is 31.2 Å². The molecule has 29 heavy (non-hydrogen) atoms. The van der Waals surface area contributed by atoms with E-state index in [-0.39, 0.29) is 29.3 Å². The number of hydrogen-bond acceptors (Lipinski definition) is 2. The number of aromatic nitrogens is 2. The van der Waals surface area contributed by atoms with Crippen LogP contribution in [0.4, 0.5) is 0 Å². The molecule has 1 aromatic heterocycles. The Morgan fingerprint density at radius 1 is 0.897 bits per heavy atom. The lowest BCUT2D eigenvalue weighted by Crippen LogP contribution is -3.00. The molecule has 0 saturated carbocycles. The van der Waals surface area contributed by atoms with Crippen LogP contribution >= 0.6 is 11.6 Å². The Labute approximate surface area is 184 Å². The number of carbonyl (C=O) groups excluding carboxylic acids is 1. The van der Waals surface area contributed by atoms with Crippen LogP contribution in [0.3, 0.4) is 0 Å². The van der Waals surface area contributed by atoms with Crippen molar-refractivity contribution in [3.05, 3.63) is 100 Å². The fourth-order valence-electron chi connectivity index (χ4n) is 3.36. The van der Waals surface area contributed by atoms with E-state index in [0.29, 0.717) is 22.7 Å². The highest BCUT2D eigenvalue weighted by molar-refractivity contribution is 6.30. The van der Waals surface area contributed by atoms with Crippen molar-refractivity contribution in [3.8, 4) is 0 Å². The summed E-state index contributed by atoms with van der Waals surface area (Å²) in [5, 5.41) is 9.31. The maximum absolute atomic E-state index is 12.8. The molecular formula is C23H20BrClN3O-. The number of imidazole rings is 1. The van der Waals surface area contributed by atoms with Crippen molar-refractivity contribution in [2.45, 2.75) is 20.0 Å². The summed E-state index contributed by atoms with van der Waals surface area (Å²) in [6, 6.07) is 23.0. The molecule has 0 aliphatic carbocycles. The van der Waals surface area contributed by atoms with Crippen LogP contribution in [0, 0.1) is 12.3 Å². The summed E-state index contributed by atoms with van der Waals surface area (Å²) in [7, 11) is 0. The Kier molecular flexibility index (Phi) is 6.40. The minimum absolute atomic E-state index is 0. The lowest BCUT2D eigenvalue weighted by Gasteiger charge is -2.06. The molecule has 148 valence electrons. The molecular weight excluding hydrogens is 450 g/mol. The lowest BCUT2D eigenvalue weighted by atomic mass is 10.1. The van der Waals surface area contributed by atoms with Gasteiger partial charge >= 0.3 is 0 Å². The van der Waals surface area contributed by atoms with Crippen molar-refractivity contribution in [1.29, 1.82) is 5.41 Å². The molecule has 0 radical (unpaired) electrons. The highest BCUT2D eigenvalue weighted by atomic mass is 79.9. The minimum Gasteiger partial charge on any atom is -1.00 e. The van der Waals surface area contributed by atoms with Crippen molar-refractivity contribution in [2.24, 2.45) is 0 Å². The quantitative estimate of drug-likeness (QED) is 0.446. The second-order valence-corrected chi connectivity index (χ2v) is 7.34. The second-order valence-electron chi connectivity index (χ2n) is 6.90. The minimum atomic E-state index is -0.0478. The van der Waals surface area contributed by atoms with E-state index in [1.165, 1.54) is 5.56 Å². The van der Waals surface area contributed by atoms with Crippen LogP contribution in [0.15, 0.2) is 72.8 Å². The summed E-state index contributed by atoms with van der Waals surface area (Å²) >= 11 is 5.92. The normalized spacial score (nSPS) is 10.7. The Morgan fingerprint density at radius 3 is 2.10 bits per heavy atom. The van der Waals surface area contributed by atoms with Gasteiger partial charge in [0.25, 0.3) is 0 Å². The monoisotopic (exact) mass is 468 g/mol. The van der Waals surface area contributed by atoms with Gasteiger partial charge in [-0.15, -0.1) is 0 Å². The smallest absolute Gasteiger partial charge is 0.203 e. The number of fused-ring (bicyclic) bond motifs is 1. The van der Waals surface area contributed by atoms with Crippen LogP contribution in [0.1, 0.15) is 21.5 Å². The van der Waals surface area contributed by atoms with Gasteiger partial charge in [0, 0.05) is 10.6 Å². The van der Waals surface area contributed by atoms with Gasteiger partial charge in [0.05, 0.1) is 24.1 Å². The Bertz CT molecular complexity index is 1210. The zero-order valence-corrected chi connectivity index (χ0v) is 18.2. The van der Waals surface area contributed by atoms with Gasteiger partial charge in [-0.3, -0.25) is 10.2 Å². The van der Waals surface area contributed by atoms with Crippen LogP contribution < -0.4 is 22.6 Å². The summed E-state index contributed by atoms with van der Waals surface area (Å²) in [6.45, 7) is 2.75. The molecule has 0 unspecified atom stereocenters. The van der Waals surface area contributed by atoms with E-state index in [0.717, 1.165) is 16.6 Å². The topological polar surface area (TPSA) is 50.8 Å². The van der Waals surface area contributed by atoms with Crippen LogP contribution in [-0.2, 0) is 13.1 Å². The zero-order valence-electron chi connectivity index (χ0n) is 15.9. The SMILES string of the molecule is Cc1ccc(Cn2c(=N)n(CC(=O)c3ccc(Cl)cc3)c3ccccc32)cc1.[Br-]. The van der Waals surface area contributed by atoms with Gasteiger partial charge in [0.15, 0.2) is 5.78 Å². The predicted molar refractivity (Wildman–Crippen MR) is 112 cm³/mol. The first-order chi connectivity index (χ1) is 13.5. The number of rotatable bonds is 5. The first-order valence-electron chi connectivity index (χ1n) is 9.10. The second kappa shape index (κ2) is 8.80. The number of Topliss-reactive ketones (excluding diaryl/α,β-unsaturated/α-hetero) is 1. The molecule has 0 amide bonds. The molecule has 3 aromatic carbocycles. The van der Waals surface area contributed by atoms with Gasteiger partial charge in [-0.05, 0) is 48.9 Å². The molecule has 0 atom stereocenters. The maximum Gasteiger partial charge on any atom is 0.203 e. The van der Waals surface area contributed by atoms with Gasteiger partial charge in [-0.1, -0.05) is 53.6 Å². The number of para-hydroxylation sites is 2. The average Bonchev–Trinajstić information content (AvgIpc) is 2.96. The number of nitrogens with zero attached hydrogens (tertiary/aromatic N) is 2.